The number of sulfonamides is 1. The van der Waals surface area contributed by atoms with Gasteiger partial charge in [-0.25, -0.2) is 0 Å². The van der Waals surface area contributed by atoms with Gasteiger partial charge in [0, 0.05) is 18.6 Å². The van der Waals surface area contributed by atoms with Crippen LogP contribution in [0.1, 0.15) is 0 Å². The average Bonchev–Trinajstić information content (AvgIpc) is 3.01. The van der Waals surface area contributed by atoms with Gasteiger partial charge < -0.3 is 14.0 Å². The smallest absolute Gasteiger partial charge is 0.285 e. The van der Waals surface area contributed by atoms with Crippen molar-refractivity contribution >= 4 is 43.3 Å². The van der Waals surface area contributed by atoms with Crippen LogP contribution in [0.15, 0.2) is 56.7 Å². The molecule has 2 aromatic carbocycles. The molecule has 0 radical (unpaired) electrons. The van der Waals surface area contributed by atoms with Gasteiger partial charge >= 0.3 is 0 Å². The third kappa shape index (κ3) is 4.37. The Labute approximate surface area is 166 Å². The standard InChI is InChI=1S/C18H20N2O4S3/c1-23-11-10-20-16-9-6-14(25-3)12-17(16)26-18(20)19-27(21,22)15-7-4-13(24-2)5-8-15/h4-9,12H,10-11H2,1-3H3/b19-18-. The summed E-state index contributed by atoms with van der Waals surface area (Å²) in [6, 6.07) is 12.3. The molecule has 0 spiro atoms. The zero-order valence-corrected chi connectivity index (χ0v) is 17.7. The number of hydrogen-bond acceptors (Lipinski definition) is 6. The van der Waals surface area contributed by atoms with Crippen LogP contribution in [0.4, 0.5) is 0 Å². The van der Waals surface area contributed by atoms with Gasteiger partial charge in [-0.05, 0) is 48.7 Å². The minimum absolute atomic E-state index is 0.129. The van der Waals surface area contributed by atoms with Crippen LogP contribution in [0.3, 0.4) is 0 Å². The lowest BCUT2D eigenvalue weighted by atomic mass is 10.3. The second kappa shape index (κ2) is 8.47. The van der Waals surface area contributed by atoms with Crippen molar-refractivity contribution in [3.05, 3.63) is 47.3 Å². The molecule has 1 heterocycles. The second-order valence-electron chi connectivity index (χ2n) is 5.60. The molecule has 0 saturated carbocycles. The predicted octanol–water partition coefficient (Wildman–Crippen LogP) is 3.37. The minimum atomic E-state index is -3.84. The van der Waals surface area contributed by atoms with Gasteiger partial charge in [-0.15, -0.1) is 16.2 Å². The Morgan fingerprint density at radius 3 is 2.52 bits per heavy atom. The van der Waals surface area contributed by atoms with Crippen LogP contribution in [0.5, 0.6) is 5.75 Å². The number of nitrogens with zero attached hydrogens (tertiary/aromatic N) is 2. The van der Waals surface area contributed by atoms with Gasteiger partial charge in [-0.1, -0.05) is 11.3 Å². The molecule has 0 bridgehead atoms. The minimum Gasteiger partial charge on any atom is -0.497 e. The van der Waals surface area contributed by atoms with E-state index in [0.717, 1.165) is 15.1 Å². The molecule has 0 fully saturated rings. The zero-order chi connectivity index (χ0) is 19.4. The van der Waals surface area contributed by atoms with Crippen molar-refractivity contribution in [3.8, 4) is 5.75 Å². The molecule has 0 aliphatic carbocycles. The number of rotatable bonds is 7. The van der Waals surface area contributed by atoms with Gasteiger partial charge in [0.15, 0.2) is 0 Å². The lowest BCUT2D eigenvalue weighted by Gasteiger charge is -2.05. The van der Waals surface area contributed by atoms with E-state index in [9.17, 15) is 8.42 Å². The summed E-state index contributed by atoms with van der Waals surface area (Å²) in [6.45, 7) is 0.984. The van der Waals surface area contributed by atoms with Gasteiger partial charge in [-0.2, -0.15) is 8.42 Å². The first-order valence-electron chi connectivity index (χ1n) is 8.10. The number of fused-ring (bicyclic) bond motifs is 1. The topological polar surface area (TPSA) is 69.9 Å². The number of thiazole rings is 1. The molecule has 9 heteroatoms. The van der Waals surface area contributed by atoms with E-state index < -0.39 is 10.0 Å². The maximum Gasteiger partial charge on any atom is 0.285 e. The highest BCUT2D eigenvalue weighted by atomic mass is 32.2. The van der Waals surface area contributed by atoms with Crippen molar-refractivity contribution in [2.75, 3.05) is 27.1 Å². The molecule has 0 saturated heterocycles. The Balaban J connectivity index is 2.14. The molecule has 144 valence electrons. The molecular formula is C18H20N2O4S3. The van der Waals surface area contributed by atoms with Crippen LogP contribution in [-0.2, 0) is 21.3 Å². The fraction of sp³-hybridized carbons (Fsp3) is 0.278. The molecule has 0 unspecified atom stereocenters. The van der Waals surface area contributed by atoms with Crippen molar-refractivity contribution in [1.82, 2.24) is 4.57 Å². The van der Waals surface area contributed by atoms with Crippen LogP contribution < -0.4 is 9.54 Å². The number of methoxy groups -OCH3 is 2. The number of benzene rings is 2. The van der Waals surface area contributed by atoms with Gasteiger partial charge in [0.25, 0.3) is 10.0 Å². The molecule has 0 amide bonds. The van der Waals surface area contributed by atoms with Gasteiger partial charge in [0.2, 0.25) is 4.80 Å². The molecule has 3 aromatic rings. The Hall–Kier alpha value is -1.81. The van der Waals surface area contributed by atoms with E-state index in [-0.39, 0.29) is 4.90 Å². The van der Waals surface area contributed by atoms with Crippen molar-refractivity contribution in [3.63, 3.8) is 0 Å². The van der Waals surface area contributed by atoms with Gasteiger partial charge in [0.05, 0.1) is 28.8 Å². The summed E-state index contributed by atoms with van der Waals surface area (Å²) < 4.78 is 42.8. The summed E-state index contributed by atoms with van der Waals surface area (Å²) >= 11 is 3.00. The van der Waals surface area contributed by atoms with E-state index in [2.05, 4.69) is 4.40 Å². The monoisotopic (exact) mass is 424 g/mol. The number of hydrogen-bond donors (Lipinski definition) is 0. The van der Waals surface area contributed by atoms with Crippen LogP contribution in [0, 0.1) is 0 Å². The van der Waals surface area contributed by atoms with Crippen LogP contribution in [0.25, 0.3) is 10.2 Å². The highest BCUT2D eigenvalue weighted by molar-refractivity contribution is 7.98. The molecule has 6 nitrogen and oxygen atoms in total. The van der Waals surface area contributed by atoms with Gasteiger partial charge in [-0.3, -0.25) is 0 Å². The van der Waals surface area contributed by atoms with Crippen molar-refractivity contribution in [2.24, 2.45) is 4.40 Å². The highest BCUT2D eigenvalue weighted by Crippen LogP contribution is 2.25. The maximum absolute atomic E-state index is 12.8. The fourth-order valence-corrected chi connectivity index (χ4v) is 5.37. The Morgan fingerprint density at radius 1 is 1.15 bits per heavy atom. The van der Waals surface area contributed by atoms with Crippen LogP contribution >= 0.6 is 23.1 Å². The summed E-state index contributed by atoms with van der Waals surface area (Å²) in [6.07, 6.45) is 2.01. The number of ether oxygens (including phenoxy) is 2. The Morgan fingerprint density at radius 2 is 1.89 bits per heavy atom. The van der Waals surface area contributed by atoms with E-state index in [1.807, 2.05) is 29.0 Å². The fourth-order valence-electron chi connectivity index (χ4n) is 2.55. The van der Waals surface area contributed by atoms with Crippen molar-refractivity contribution < 1.29 is 17.9 Å². The number of thioether (sulfide) groups is 1. The van der Waals surface area contributed by atoms with E-state index in [4.69, 9.17) is 9.47 Å². The first kappa shape index (κ1) is 19.9. The zero-order valence-electron chi connectivity index (χ0n) is 15.2. The van der Waals surface area contributed by atoms with E-state index in [0.29, 0.717) is 23.7 Å². The summed E-state index contributed by atoms with van der Waals surface area (Å²) in [5.41, 5.74) is 0.943. The van der Waals surface area contributed by atoms with Crippen molar-refractivity contribution in [1.29, 1.82) is 0 Å². The molecule has 0 N–H and O–H groups in total. The Kier molecular flexibility index (Phi) is 6.25. The third-order valence-corrected chi connectivity index (χ3v) is 7.13. The molecule has 3 rings (SSSR count). The molecule has 0 aliphatic rings. The lowest BCUT2D eigenvalue weighted by Crippen LogP contribution is -2.19. The summed E-state index contributed by atoms with van der Waals surface area (Å²) in [7, 11) is -0.685. The average molecular weight is 425 g/mol. The van der Waals surface area contributed by atoms with E-state index in [1.54, 1.807) is 31.0 Å². The first-order valence-corrected chi connectivity index (χ1v) is 11.6. The summed E-state index contributed by atoms with van der Waals surface area (Å²) in [5, 5.41) is 0. The lowest BCUT2D eigenvalue weighted by molar-refractivity contribution is 0.187. The van der Waals surface area contributed by atoms with Crippen LogP contribution in [0.2, 0.25) is 0 Å². The van der Waals surface area contributed by atoms with Gasteiger partial charge in [0.1, 0.15) is 5.75 Å². The third-order valence-electron chi connectivity index (χ3n) is 3.96. The maximum atomic E-state index is 12.8. The second-order valence-corrected chi connectivity index (χ2v) is 9.10. The van der Waals surface area contributed by atoms with Crippen molar-refractivity contribution in [2.45, 2.75) is 16.3 Å². The normalized spacial score (nSPS) is 12.6. The molecule has 0 atom stereocenters. The SMILES string of the molecule is COCCn1/c(=N/S(=O)(=O)c2ccc(OC)cc2)sc2cc(SC)ccc21. The quantitative estimate of drug-likeness (QED) is 0.544. The van der Waals surface area contributed by atoms with E-state index >= 15 is 0 Å². The Bertz CT molecular complexity index is 1100. The largest absolute Gasteiger partial charge is 0.497 e. The molecule has 0 aliphatic heterocycles. The highest BCUT2D eigenvalue weighted by Gasteiger charge is 2.15. The summed E-state index contributed by atoms with van der Waals surface area (Å²) in [5.74, 6) is 0.593. The molecule has 1 aromatic heterocycles. The predicted molar refractivity (Wildman–Crippen MR) is 109 cm³/mol. The van der Waals surface area contributed by atoms with Crippen LogP contribution in [-0.4, -0.2) is 40.1 Å². The molecular weight excluding hydrogens is 404 g/mol. The first-order chi connectivity index (χ1) is 13.0. The summed E-state index contributed by atoms with van der Waals surface area (Å²) in [4.78, 5) is 1.67. The molecule has 27 heavy (non-hydrogen) atoms. The van der Waals surface area contributed by atoms with E-state index in [1.165, 1.54) is 30.6 Å². The number of aromatic nitrogens is 1.